The summed E-state index contributed by atoms with van der Waals surface area (Å²) >= 11 is 0. The smallest absolute Gasteiger partial charge is 0.314 e. The number of aromatic nitrogens is 2. The van der Waals surface area contributed by atoms with Gasteiger partial charge in [-0.25, -0.2) is 4.98 Å². The van der Waals surface area contributed by atoms with Gasteiger partial charge in [-0.15, -0.1) is 0 Å². The monoisotopic (exact) mass is 287 g/mol. The highest BCUT2D eigenvalue weighted by molar-refractivity contribution is 5.80. The van der Waals surface area contributed by atoms with Crippen LogP contribution in [-0.4, -0.2) is 15.1 Å². The van der Waals surface area contributed by atoms with Crippen LogP contribution < -0.4 is 0 Å². The lowest BCUT2D eigenvalue weighted by Gasteiger charge is -2.09. The van der Waals surface area contributed by atoms with Gasteiger partial charge in [-0.2, -0.15) is 10.2 Å². The molecule has 0 bridgehead atoms. The van der Waals surface area contributed by atoms with Gasteiger partial charge < -0.3 is 5.11 Å². The van der Waals surface area contributed by atoms with E-state index in [9.17, 15) is 5.11 Å². The van der Waals surface area contributed by atoms with Crippen molar-refractivity contribution in [2.24, 2.45) is 0 Å². The molecular formula is C18H13N3O. The van der Waals surface area contributed by atoms with Crippen molar-refractivity contribution in [2.75, 3.05) is 0 Å². The van der Waals surface area contributed by atoms with Crippen molar-refractivity contribution in [1.29, 1.82) is 5.26 Å². The van der Waals surface area contributed by atoms with Crippen molar-refractivity contribution in [2.45, 2.75) is 6.92 Å². The first-order chi connectivity index (χ1) is 10.7. The third-order valence-corrected chi connectivity index (χ3v) is 3.43. The maximum absolute atomic E-state index is 9.62. The predicted molar refractivity (Wildman–Crippen MR) is 84.0 cm³/mol. The predicted octanol–water partition coefficient (Wildman–Crippen LogP) is 3.70. The van der Waals surface area contributed by atoms with Gasteiger partial charge in [0.2, 0.25) is 0 Å². The van der Waals surface area contributed by atoms with Crippen LogP contribution in [0.25, 0.3) is 22.4 Å². The van der Waals surface area contributed by atoms with Crippen molar-refractivity contribution in [3.05, 3.63) is 65.9 Å². The molecule has 0 saturated heterocycles. The van der Waals surface area contributed by atoms with Gasteiger partial charge in [-0.3, -0.25) is 0 Å². The lowest BCUT2D eigenvalue weighted by molar-refractivity contribution is 0.431. The highest BCUT2D eigenvalue weighted by Crippen LogP contribution is 2.31. The first-order valence-corrected chi connectivity index (χ1v) is 6.81. The molecule has 0 unspecified atom stereocenters. The molecule has 4 heteroatoms. The van der Waals surface area contributed by atoms with Gasteiger partial charge in [0, 0.05) is 17.3 Å². The summed E-state index contributed by atoms with van der Waals surface area (Å²) in [6.07, 6.45) is 1.61. The molecule has 0 aliphatic heterocycles. The van der Waals surface area contributed by atoms with Crippen LogP contribution in [0.5, 0.6) is 6.01 Å². The van der Waals surface area contributed by atoms with Gasteiger partial charge in [0.15, 0.2) is 0 Å². The first kappa shape index (κ1) is 13.8. The molecular weight excluding hydrogens is 274 g/mol. The number of aryl methyl sites for hydroxylation is 1. The maximum Gasteiger partial charge on any atom is 0.314 e. The number of nitrogens with zero attached hydrogens (tertiary/aromatic N) is 3. The van der Waals surface area contributed by atoms with E-state index in [1.807, 2.05) is 43.3 Å². The van der Waals surface area contributed by atoms with Crippen molar-refractivity contribution in [1.82, 2.24) is 9.97 Å². The summed E-state index contributed by atoms with van der Waals surface area (Å²) in [7, 11) is 0. The van der Waals surface area contributed by atoms with E-state index in [1.54, 1.807) is 18.3 Å². The van der Waals surface area contributed by atoms with Crippen molar-refractivity contribution < 1.29 is 5.11 Å². The van der Waals surface area contributed by atoms with Crippen LogP contribution in [0.1, 0.15) is 11.1 Å². The maximum atomic E-state index is 9.62. The van der Waals surface area contributed by atoms with Gasteiger partial charge in [0.25, 0.3) is 0 Å². The molecule has 4 nitrogen and oxygen atoms in total. The van der Waals surface area contributed by atoms with E-state index >= 15 is 0 Å². The molecule has 0 atom stereocenters. The molecule has 1 heterocycles. The summed E-state index contributed by atoms with van der Waals surface area (Å²) in [6.45, 7) is 2.03. The number of hydrogen-bond acceptors (Lipinski definition) is 4. The van der Waals surface area contributed by atoms with E-state index in [0.717, 1.165) is 16.7 Å². The summed E-state index contributed by atoms with van der Waals surface area (Å²) in [5.41, 5.74) is 5.03. The molecule has 106 valence electrons. The second-order valence-electron chi connectivity index (χ2n) is 4.99. The van der Waals surface area contributed by atoms with Crippen LogP contribution >= 0.6 is 0 Å². The van der Waals surface area contributed by atoms with E-state index in [-0.39, 0.29) is 6.01 Å². The minimum atomic E-state index is -0.268. The Morgan fingerprint density at radius 3 is 2.23 bits per heavy atom. The fourth-order valence-corrected chi connectivity index (χ4v) is 2.24. The molecule has 0 aliphatic carbocycles. The molecule has 2 aromatic carbocycles. The Morgan fingerprint density at radius 2 is 1.59 bits per heavy atom. The van der Waals surface area contributed by atoms with Gasteiger partial charge in [0.05, 0.1) is 17.3 Å². The molecule has 0 radical (unpaired) electrons. The molecule has 3 aromatic rings. The summed E-state index contributed by atoms with van der Waals surface area (Å²) < 4.78 is 0. The quantitative estimate of drug-likeness (QED) is 0.780. The Kier molecular flexibility index (Phi) is 3.55. The minimum Gasteiger partial charge on any atom is -0.479 e. The highest BCUT2D eigenvalue weighted by atomic mass is 16.3. The Bertz CT molecular complexity index is 847. The molecule has 22 heavy (non-hydrogen) atoms. The summed E-state index contributed by atoms with van der Waals surface area (Å²) in [5.74, 6) is 0. The number of hydrogen-bond donors (Lipinski definition) is 1. The van der Waals surface area contributed by atoms with Crippen LogP contribution in [0.4, 0.5) is 0 Å². The number of benzene rings is 2. The third kappa shape index (κ3) is 2.65. The fourth-order valence-electron chi connectivity index (χ4n) is 2.24. The Balaban J connectivity index is 2.15. The van der Waals surface area contributed by atoms with E-state index in [0.29, 0.717) is 11.3 Å². The molecule has 1 N–H and O–H groups in total. The van der Waals surface area contributed by atoms with E-state index in [2.05, 4.69) is 16.0 Å². The summed E-state index contributed by atoms with van der Waals surface area (Å²) in [4.78, 5) is 8.05. The van der Waals surface area contributed by atoms with Crippen LogP contribution in [0.3, 0.4) is 0 Å². The average Bonchev–Trinajstić information content (AvgIpc) is 2.56. The van der Waals surface area contributed by atoms with Crippen LogP contribution in [0.15, 0.2) is 54.7 Å². The molecule has 0 aliphatic rings. The molecule has 0 saturated carbocycles. The van der Waals surface area contributed by atoms with E-state index < -0.39 is 0 Å². The highest BCUT2D eigenvalue weighted by Gasteiger charge is 2.11. The van der Waals surface area contributed by atoms with Crippen molar-refractivity contribution >= 4 is 0 Å². The summed E-state index contributed by atoms with van der Waals surface area (Å²) in [6, 6.07) is 16.9. The Morgan fingerprint density at radius 1 is 0.955 bits per heavy atom. The van der Waals surface area contributed by atoms with Gasteiger partial charge in [0.1, 0.15) is 0 Å². The second-order valence-corrected chi connectivity index (χ2v) is 4.99. The number of nitriles is 1. The number of rotatable bonds is 2. The van der Waals surface area contributed by atoms with Crippen molar-refractivity contribution in [3.63, 3.8) is 0 Å². The lowest BCUT2D eigenvalue weighted by Crippen LogP contribution is -1.92. The normalized spacial score (nSPS) is 10.2. The number of aromatic hydroxyl groups is 1. The standard InChI is InChI=1S/C18H13N3O/c1-12-2-6-14(7-3-12)16-11-20-18(22)21-17(16)15-8-4-13(10-19)5-9-15/h2-9,11H,1H3,(H,20,21,22). The zero-order valence-corrected chi connectivity index (χ0v) is 12.0. The zero-order valence-electron chi connectivity index (χ0n) is 12.0. The Labute approximate surface area is 128 Å². The molecule has 0 amide bonds. The average molecular weight is 287 g/mol. The van der Waals surface area contributed by atoms with Crippen molar-refractivity contribution in [3.8, 4) is 34.5 Å². The topological polar surface area (TPSA) is 69.8 Å². The molecule has 1 aromatic heterocycles. The van der Waals surface area contributed by atoms with Gasteiger partial charge in [-0.1, -0.05) is 42.0 Å². The lowest BCUT2D eigenvalue weighted by atomic mass is 9.99. The van der Waals surface area contributed by atoms with E-state index in [4.69, 9.17) is 5.26 Å². The van der Waals surface area contributed by atoms with Crippen LogP contribution in [0.2, 0.25) is 0 Å². The zero-order chi connectivity index (χ0) is 15.5. The van der Waals surface area contributed by atoms with E-state index in [1.165, 1.54) is 5.56 Å². The van der Waals surface area contributed by atoms with Crippen LogP contribution in [0, 0.1) is 18.3 Å². The SMILES string of the molecule is Cc1ccc(-c2cnc(O)nc2-c2ccc(C#N)cc2)cc1. The third-order valence-electron chi connectivity index (χ3n) is 3.43. The summed E-state index contributed by atoms with van der Waals surface area (Å²) in [5, 5.41) is 18.5. The van der Waals surface area contributed by atoms with Gasteiger partial charge >= 0.3 is 6.01 Å². The largest absolute Gasteiger partial charge is 0.479 e. The molecule has 0 fully saturated rings. The molecule has 3 rings (SSSR count). The fraction of sp³-hybridized carbons (Fsp3) is 0.0556. The first-order valence-electron chi connectivity index (χ1n) is 6.81. The van der Waals surface area contributed by atoms with Crippen LogP contribution in [-0.2, 0) is 0 Å². The second kappa shape index (κ2) is 5.66. The molecule has 0 spiro atoms. The minimum absolute atomic E-state index is 0.268. The van der Waals surface area contributed by atoms with Gasteiger partial charge in [-0.05, 0) is 24.6 Å². The Hall–Kier alpha value is -3.19.